The number of fused-ring (bicyclic) bond motifs is 5. The molecule has 3 saturated heterocycles. The predicted octanol–water partition coefficient (Wildman–Crippen LogP) is 6.25. The summed E-state index contributed by atoms with van der Waals surface area (Å²) in [7, 11) is 7.60. The Morgan fingerprint density at radius 3 is 2.27 bits per heavy atom. The Bertz CT molecular complexity index is 1280. The molecule has 51 heavy (non-hydrogen) atoms. The number of Topliss-reactive ketones (excluding diaryl/α,β-unsaturated/α-hetero) is 1. The molecular formula is C41H65NO9. The fourth-order valence-electron chi connectivity index (χ4n) is 10.5. The zero-order chi connectivity index (χ0) is 36.6. The Morgan fingerprint density at radius 2 is 1.59 bits per heavy atom. The van der Waals surface area contributed by atoms with Crippen molar-refractivity contribution in [1.29, 1.82) is 0 Å². The molecule has 0 unspecified atom stereocenters. The number of ether oxygens (including phenoxy) is 7. The van der Waals surface area contributed by atoms with Crippen LogP contribution in [0.1, 0.15) is 98.8 Å². The lowest BCUT2D eigenvalue weighted by Gasteiger charge is -2.40. The van der Waals surface area contributed by atoms with E-state index in [0.29, 0.717) is 24.3 Å². The number of hydrogen-bond donors (Lipinski definition) is 0. The van der Waals surface area contributed by atoms with Crippen LogP contribution in [0.5, 0.6) is 0 Å². The van der Waals surface area contributed by atoms with Gasteiger partial charge in [-0.15, -0.1) is 0 Å². The molecule has 3 heterocycles. The van der Waals surface area contributed by atoms with E-state index < -0.39 is 0 Å². The number of hydrogen-bond acceptors (Lipinski definition) is 10. The summed E-state index contributed by atoms with van der Waals surface area (Å²) in [5.74, 6) is 0.251. The first-order valence-corrected chi connectivity index (χ1v) is 19.9. The highest BCUT2D eigenvalue weighted by atomic mass is 16.7. The standard InChI is InChI=1S/C41H65NO9/c1-10-26-12-11-13-35(51-38-15-14-34(42(6)7)24(4)47-38)23(3)40(44)33-19-31-29(32(33)20-37(43)49-26)16-22(2)28-17-27(18-30(28)31)50-39-21-36(45-8)41(46-9)25(5)48-39/h16,19,23-32,34-36,38-39,41H,10-15,17-18,20-21H2,1-9H3/t23-,24-,25+,26+,27-,28+,29-,30-,31-,32+,34+,35-,36+,38+,39+,41+/m1/s1. The molecule has 6 aliphatic rings. The van der Waals surface area contributed by atoms with E-state index >= 15 is 0 Å². The average molecular weight is 716 g/mol. The summed E-state index contributed by atoms with van der Waals surface area (Å²) in [6, 6.07) is 0.345. The second-order valence-electron chi connectivity index (χ2n) is 16.6. The molecule has 0 N–H and O–H groups in total. The minimum Gasteiger partial charge on any atom is -0.462 e. The van der Waals surface area contributed by atoms with Crippen LogP contribution in [-0.4, -0.2) is 106 Å². The van der Waals surface area contributed by atoms with Gasteiger partial charge in [0.1, 0.15) is 12.2 Å². The summed E-state index contributed by atoms with van der Waals surface area (Å²) in [5, 5.41) is 0. The van der Waals surface area contributed by atoms with Gasteiger partial charge in [0.25, 0.3) is 0 Å². The maximum absolute atomic E-state index is 14.7. The fourth-order valence-corrected chi connectivity index (χ4v) is 10.5. The topological polar surface area (TPSA) is 102 Å². The van der Waals surface area contributed by atoms with E-state index in [0.717, 1.165) is 56.9 Å². The molecule has 4 fully saturated rings. The molecule has 0 aromatic carbocycles. The number of rotatable bonds is 8. The normalized spacial score (nSPS) is 45.1. The number of esters is 1. The van der Waals surface area contributed by atoms with Crippen LogP contribution in [0.15, 0.2) is 23.3 Å². The number of carbonyl (C=O) groups excluding carboxylic acids is 2. The van der Waals surface area contributed by atoms with Gasteiger partial charge in [-0.25, -0.2) is 0 Å². The summed E-state index contributed by atoms with van der Waals surface area (Å²) >= 11 is 0. The molecule has 10 heteroatoms. The molecule has 0 amide bonds. The third kappa shape index (κ3) is 8.37. The zero-order valence-corrected chi connectivity index (χ0v) is 32.6. The van der Waals surface area contributed by atoms with E-state index in [1.165, 1.54) is 5.57 Å². The third-order valence-electron chi connectivity index (χ3n) is 13.3. The predicted molar refractivity (Wildman–Crippen MR) is 193 cm³/mol. The summed E-state index contributed by atoms with van der Waals surface area (Å²) in [5.41, 5.74) is 2.12. The van der Waals surface area contributed by atoms with Gasteiger partial charge in [0.05, 0.1) is 36.9 Å². The lowest BCUT2D eigenvalue weighted by Crippen LogP contribution is -2.50. The third-order valence-corrected chi connectivity index (χ3v) is 13.3. The first-order chi connectivity index (χ1) is 24.4. The van der Waals surface area contributed by atoms with Crippen molar-refractivity contribution < 1.29 is 42.7 Å². The Morgan fingerprint density at radius 1 is 0.824 bits per heavy atom. The molecule has 16 atom stereocenters. The van der Waals surface area contributed by atoms with Crippen molar-refractivity contribution in [2.75, 3.05) is 28.3 Å². The molecular weight excluding hydrogens is 650 g/mol. The van der Waals surface area contributed by atoms with E-state index in [1.54, 1.807) is 14.2 Å². The molecule has 0 aromatic rings. The maximum atomic E-state index is 14.7. The SMILES string of the molecule is CC[C@H]1CCC[C@@H](O[C@H]2CC[C@H](N(C)C)[C@@H](C)O2)[C@@H](C)C(=O)C2=C[C@@H]3[C@@H](C=C(C)[C@@H]4C[C@@H](O[C@H]5C[C@H](OC)[C@@H](OC)[C@H](C)O5)C[C@@H]34)[C@@H]2CC(=O)O1. The number of cyclic esters (lactones) is 1. The molecule has 288 valence electrons. The first-order valence-electron chi connectivity index (χ1n) is 19.9. The van der Waals surface area contributed by atoms with Crippen LogP contribution >= 0.6 is 0 Å². The summed E-state index contributed by atoms with van der Waals surface area (Å²) in [6.45, 7) is 10.5. The van der Waals surface area contributed by atoms with Crippen LogP contribution in [0.25, 0.3) is 0 Å². The number of methoxy groups -OCH3 is 2. The van der Waals surface area contributed by atoms with Gasteiger partial charge in [-0.05, 0) is 115 Å². The van der Waals surface area contributed by atoms with Crippen molar-refractivity contribution in [3.8, 4) is 0 Å². The van der Waals surface area contributed by atoms with E-state index in [2.05, 4.69) is 51.9 Å². The number of likely N-dealkylation sites (N-methyl/N-ethyl adjacent to an activating group) is 1. The minimum absolute atomic E-state index is 0.0357. The van der Waals surface area contributed by atoms with Gasteiger partial charge in [0.2, 0.25) is 0 Å². The van der Waals surface area contributed by atoms with Crippen LogP contribution in [0, 0.1) is 35.5 Å². The fraction of sp³-hybridized carbons (Fsp3) is 0.854. The molecule has 0 radical (unpaired) electrons. The van der Waals surface area contributed by atoms with Gasteiger partial charge < -0.3 is 38.1 Å². The molecule has 3 aliphatic carbocycles. The highest BCUT2D eigenvalue weighted by molar-refractivity contribution is 5.99. The Kier molecular flexibility index (Phi) is 12.8. The number of nitrogens with zero attached hydrogens (tertiary/aromatic N) is 1. The Balaban J connectivity index is 1.21. The van der Waals surface area contributed by atoms with Crippen LogP contribution < -0.4 is 0 Å². The molecule has 0 aromatic heterocycles. The first kappa shape index (κ1) is 39.0. The van der Waals surface area contributed by atoms with Gasteiger partial charge in [0, 0.05) is 38.5 Å². The van der Waals surface area contributed by atoms with Crippen molar-refractivity contribution >= 4 is 11.8 Å². The van der Waals surface area contributed by atoms with Crippen molar-refractivity contribution in [1.82, 2.24) is 4.90 Å². The van der Waals surface area contributed by atoms with Crippen molar-refractivity contribution in [2.45, 2.75) is 160 Å². The van der Waals surface area contributed by atoms with Crippen molar-refractivity contribution in [3.05, 3.63) is 23.3 Å². The number of allylic oxidation sites excluding steroid dienone is 4. The highest BCUT2D eigenvalue weighted by Gasteiger charge is 2.52. The summed E-state index contributed by atoms with van der Waals surface area (Å²) < 4.78 is 43.6. The smallest absolute Gasteiger partial charge is 0.306 e. The maximum Gasteiger partial charge on any atom is 0.306 e. The van der Waals surface area contributed by atoms with Crippen molar-refractivity contribution in [2.24, 2.45) is 35.5 Å². The van der Waals surface area contributed by atoms with Gasteiger partial charge in [-0.3, -0.25) is 9.59 Å². The quantitative estimate of drug-likeness (QED) is 0.212. The molecule has 0 bridgehead atoms. The monoisotopic (exact) mass is 715 g/mol. The van der Waals surface area contributed by atoms with Gasteiger partial charge >= 0.3 is 5.97 Å². The molecule has 0 spiro atoms. The Hall–Kier alpha value is -1.66. The van der Waals surface area contributed by atoms with Crippen LogP contribution in [0.4, 0.5) is 0 Å². The van der Waals surface area contributed by atoms with E-state index in [4.69, 9.17) is 33.2 Å². The largest absolute Gasteiger partial charge is 0.462 e. The second kappa shape index (κ2) is 16.8. The minimum atomic E-state index is -0.357. The Labute approximate surface area is 306 Å². The van der Waals surface area contributed by atoms with Gasteiger partial charge in [-0.2, -0.15) is 0 Å². The molecule has 10 nitrogen and oxygen atoms in total. The highest BCUT2D eigenvalue weighted by Crippen LogP contribution is 2.56. The van der Waals surface area contributed by atoms with E-state index in [1.807, 2.05) is 13.8 Å². The van der Waals surface area contributed by atoms with Gasteiger partial charge in [-0.1, -0.05) is 31.6 Å². The molecule has 1 saturated carbocycles. The van der Waals surface area contributed by atoms with Crippen LogP contribution in [0.2, 0.25) is 0 Å². The lowest BCUT2D eigenvalue weighted by molar-refractivity contribution is -0.266. The van der Waals surface area contributed by atoms with E-state index in [9.17, 15) is 9.59 Å². The van der Waals surface area contributed by atoms with E-state index in [-0.39, 0.29) is 97.2 Å². The molecule has 3 aliphatic heterocycles. The zero-order valence-electron chi connectivity index (χ0n) is 32.6. The summed E-state index contributed by atoms with van der Waals surface area (Å²) in [4.78, 5) is 30.4. The summed E-state index contributed by atoms with van der Waals surface area (Å²) in [6.07, 6.45) is 10.7. The van der Waals surface area contributed by atoms with Gasteiger partial charge in [0.15, 0.2) is 18.4 Å². The number of carbonyl (C=O) groups is 2. The second-order valence-corrected chi connectivity index (χ2v) is 16.6. The average Bonchev–Trinajstić information content (AvgIpc) is 3.67. The lowest BCUT2D eigenvalue weighted by atomic mass is 9.67. The number of ketones is 1. The van der Waals surface area contributed by atoms with Crippen molar-refractivity contribution in [3.63, 3.8) is 0 Å². The van der Waals surface area contributed by atoms with Crippen LogP contribution in [0.3, 0.4) is 0 Å². The van der Waals surface area contributed by atoms with Crippen LogP contribution in [-0.2, 0) is 42.7 Å². The molecule has 6 rings (SSSR count).